The molecule has 4 N–H and O–H groups in total. The van der Waals surface area contributed by atoms with Crippen molar-refractivity contribution < 1.29 is 0 Å². The standard InChI is InChI=1S/C7H9N5O/c1-3(8)4-2-9-5-6(10-4)12-7(13)11-5/h2-3H,8H2,1H3,(H2,9,10,11,12,13). The summed E-state index contributed by atoms with van der Waals surface area (Å²) in [6.07, 6.45) is 1.55. The van der Waals surface area contributed by atoms with Gasteiger partial charge in [0, 0.05) is 6.04 Å². The minimum atomic E-state index is -0.308. The Bertz CT molecular complexity index is 483. The maximum atomic E-state index is 10.8. The first kappa shape index (κ1) is 7.93. The minimum Gasteiger partial charge on any atom is -0.323 e. The van der Waals surface area contributed by atoms with E-state index in [0.29, 0.717) is 17.0 Å². The Morgan fingerprint density at radius 1 is 1.46 bits per heavy atom. The highest BCUT2D eigenvalue weighted by atomic mass is 16.1. The van der Waals surface area contributed by atoms with Gasteiger partial charge in [-0.3, -0.25) is 9.97 Å². The number of fused-ring (bicyclic) bond motifs is 1. The molecule has 0 aromatic carbocycles. The molecule has 0 spiro atoms. The van der Waals surface area contributed by atoms with Gasteiger partial charge in [0.25, 0.3) is 0 Å². The van der Waals surface area contributed by atoms with Gasteiger partial charge in [0.15, 0.2) is 11.3 Å². The second kappa shape index (κ2) is 2.67. The average molecular weight is 179 g/mol. The molecule has 68 valence electrons. The van der Waals surface area contributed by atoms with Crippen LogP contribution in [0.2, 0.25) is 0 Å². The number of nitrogens with one attached hydrogen (secondary N) is 2. The molecule has 6 heteroatoms. The molecule has 0 aliphatic rings. The number of hydrogen-bond acceptors (Lipinski definition) is 4. The van der Waals surface area contributed by atoms with E-state index in [1.807, 2.05) is 0 Å². The molecule has 1 unspecified atom stereocenters. The zero-order valence-corrected chi connectivity index (χ0v) is 7.03. The number of nitrogens with two attached hydrogens (primary N) is 1. The van der Waals surface area contributed by atoms with E-state index in [9.17, 15) is 4.79 Å². The van der Waals surface area contributed by atoms with Crippen LogP contribution in [-0.2, 0) is 0 Å². The van der Waals surface area contributed by atoms with Crippen LogP contribution in [-0.4, -0.2) is 19.9 Å². The molecule has 0 amide bonds. The quantitative estimate of drug-likeness (QED) is 0.557. The van der Waals surface area contributed by atoms with Gasteiger partial charge in [-0.25, -0.2) is 14.8 Å². The molecule has 2 rings (SSSR count). The van der Waals surface area contributed by atoms with Gasteiger partial charge in [-0.05, 0) is 6.92 Å². The molecular weight excluding hydrogens is 170 g/mol. The highest BCUT2D eigenvalue weighted by Crippen LogP contribution is 2.06. The number of H-pyrrole nitrogens is 2. The molecule has 2 aromatic rings. The second-order valence-corrected chi connectivity index (χ2v) is 2.86. The highest BCUT2D eigenvalue weighted by Gasteiger charge is 2.05. The van der Waals surface area contributed by atoms with Crippen LogP contribution in [0, 0.1) is 0 Å². The fraction of sp³-hybridized carbons (Fsp3) is 0.286. The van der Waals surface area contributed by atoms with E-state index in [2.05, 4.69) is 19.9 Å². The van der Waals surface area contributed by atoms with Crippen LogP contribution >= 0.6 is 0 Å². The van der Waals surface area contributed by atoms with Crippen molar-refractivity contribution in [2.75, 3.05) is 0 Å². The zero-order chi connectivity index (χ0) is 9.42. The van der Waals surface area contributed by atoms with Gasteiger partial charge in [0.2, 0.25) is 0 Å². The predicted molar refractivity (Wildman–Crippen MR) is 47.1 cm³/mol. The Labute approximate surface area is 73.2 Å². The molecule has 6 nitrogen and oxygen atoms in total. The largest absolute Gasteiger partial charge is 0.326 e. The monoisotopic (exact) mass is 179 g/mol. The summed E-state index contributed by atoms with van der Waals surface area (Å²) >= 11 is 0. The van der Waals surface area contributed by atoms with E-state index >= 15 is 0 Å². The van der Waals surface area contributed by atoms with Crippen molar-refractivity contribution in [1.29, 1.82) is 0 Å². The second-order valence-electron chi connectivity index (χ2n) is 2.86. The van der Waals surface area contributed by atoms with Gasteiger partial charge in [-0.1, -0.05) is 0 Å². The third kappa shape index (κ3) is 1.31. The predicted octanol–water partition coefficient (Wildman–Crippen LogP) is -0.334. The average Bonchev–Trinajstić information content (AvgIpc) is 2.42. The zero-order valence-electron chi connectivity index (χ0n) is 7.03. The van der Waals surface area contributed by atoms with Gasteiger partial charge in [0.05, 0.1) is 11.9 Å². The lowest BCUT2D eigenvalue weighted by molar-refractivity contribution is 0.779. The number of aromatic amines is 2. The van der Waals surface area contributed by atoms with Crippen molar-refractivity contribution in [1.82, 2.24) is 19.9 Å². The first-order valence-corrected chi connectivity index (χ1v) is 3.87. The minimum absolute atomic E-state index is 0.185. The smallest absolute Gasteiger partial charge is 0.323 e. The fourth-order valence-corrected chi connectivity index (χ4v) is 1.05. The van der Waals surface area contributed by atoms with Crippen molar-refractivity contribution in [3.63, 3.8) is 0 Å². The van der Waals surface area contributed by atoms with E-state index < -0.39 is 0 Å². The van der Waals surface area contributed by atoms with Crippen LogP contribution in [0.5, 0.6) is 0 Å². The van der Waals surface area contributed by atoms with Crippen molar-refractivity contribution >= 4 is 11.3 Å². The van der Waals surface area contributed by atoms with Gasteiger partial charge in [0.1, 0.15) is 0 Å². The SMILES string of the molecule is CC(N)c1cnc2[nH]c(=O)[nH]c2n1. The summed E-state index contributed by atoms with van der Waals surface area (Å²) in [5, 5.41) is 0. The Kier molecular flexibility index (Phi) is 1.63. The molecule has 2 heterocycles. The van der Waals surface area contributed by atoms with Crippen molar-refractivity contribution in [3.8, 4) is 0 Å². The molecule has 0 aliphatic heterocycles. The van der Waals surface area contributed by atoms with Gasteiger partial charge in [-0.15, -0.1) is 0 Å². The van der Waals surface area contributed by atoms with Crippen LogP contribution in [0.25, 0.3) is 11.3 Å². The van der Waals surface area contributed by atoms with Crippen LogP contribution in [0.4, 0.5) is 0 Å². The Morgan fingerprint density at radius 3 is 2.85 bits per heavy atom. The Hall–Kier alpha value is -1.69. The van der Waals surface area contributed by atoms with E-state index in [1.165, 1.54) is 0 Å². The van der Waals surface area contributed by atoms with E-state index in [4.69, 9.17) is 5.73 Å². The lowest BCUT2D eigenvalue weighted by atomic mass is 10.3. The highest BCUT2D eigenvalue weighted by molar-refractivity contribution is 5.63. The maximum absolute atomic E-state index is 10.8. The third-order valence-electron chi connectivity index (χ3n) is 1.72. The number of aromatic nitrogens is 4. The molecule has 0 fully saturated rings. The summed E-state index contributed by atoms with van der Waals surface area (Å²) in [6, 6.07) is -0.185. The number of rotatable bonds is 1. The lowest BCUT2D eigenvalue weighted by Crippen LogP contribution is -2.07. The molecule has 0 saturated heterocycles. The first-order valence-electron chi connectivity index (χ1n) is 3.87. The lowest BCUT2D eigenvalue weighted by Gasteiger charge is -2.01. The molecule has 0 radical (unpaired) electrons. The van der Waals surface area contributed by atoms with Gasteiger partial charge in [-0.2, -0.15) is 0 Å². The van der Waals surface area contributed by atoms with Crippen LogP contribution in [0.15, 0.2) is 11.0 Å². The maximum Gasteiger partial charge on any atom is 0.326 e. The number of imidazole rings is 1. The van der Waals surface area contributed by atoms with Crippen LogP contribution < -0.4 is 11.4 Å². The van der Waals surface area contributed by atoms with Crippen LogP contribution in [0.1, 0.15) is 18.7 Å². The summed E-state index contributed by atoms with van der Waals surface area (Å²) < 4.78 is 0. The molecular formula is C7H9N5O. The van der Waals surface area contributed by atoms with E-state index in [-0.39, 0.29) is 11.7 Å². The van der Waals surface area contributed by atoms with Crippen molar-refractivity contribution in [2.45, 2.75) is 13.0 Å². The van der Waals surface area contributed by atoms with Crippen molar-refractivity contribution in [3.05, 3.63) is 22.4 Å². The van der Waals surface area contributed by atoms with Crippen molar-refractivity contribution in [2.24, 2.45) is 5.73 Å². The van der Waals surface area contributed by atoms with Gasteiger partial charge >= 0.3 is 5.69 Å². The molecule has 13 heavy (non-hydrogen) atoms. The third-order valence-corrected chi connectivity index (χ3v) is 1.72. The number of hydrogen-bond donors (Lipinski definition) is 3. The van der Waals surface area contributed by atoms with E-state index in [0.717, 1.165) is 0 Å². The molecule has 2 aromatic heterocycles. The molecule has 1 atom stereocenters. The molecule has 0 aliphatic carbocycles. The summed E-state index contributed by atoms with van der Waals surface area (Å²) in [6.45, 7) is 1.81. The summed E-state index contributed by atoms with van der Waals surface area (Å²) in [5.41, 5.74) is 6.85. The first-order chi connectivity index (χ1) is 6.16. The summed E-state index contributed by atoms with van der Waals surface area (Å²) in [5.74, 6) is 0. The topological polar surface area (TPSA) is 100 Å². The molecule has 0 saturated carbocycles. The van der Waals surface area contributed by atoms with Crippen LogP contribution in [0.3, 0.4) is 0 Å². The normalized spacial score (nSPS) is 13.4. The Balaban J connectivity index is 2.68. The van der Waals surface area contributed by atoms with Gasteiger partial charge < -0.3 is 5.73 Å². The Morgan fingerprint density at radius 2 is 2.15 bits per heavy atom. The summed E-state index contributed by atoms with van der Waals surface area (Å²) in [4.78, 5) is 24.0. The molecule has 0 bridgehead atoms. The van der Waals surface area contributed by atoms with E-state index in [1.54, 1.807) is 13.1 Å². The summed E-state index contributed by atoms with van der Waals surface area (Å²) in [7, 11) is 0. The number of nitrogens with zero attached hydrogens (tertiary/aromatic N) is 2. The fourth-order valence-electron chi connectivity index (χ4n) is 1.05.